The van der Waals surface area contributed by atoms with Gasteiger partial charge in [0.25, 0.3) is 0 Å². The maximum absolute atomic E-state index is 12.9. The number of carbonyl (C=O) groups excluding carboxylic acids is 1. The average molecular weight is 455 g/mol. The van der Waals surface area contributed by atoms with E-state index in [9.17, 15) is 9.90 Å². The molecule has 1 aliphatic carbocycles. The zero-order valence-electron chi connectivity index (χ0n) is 20.0. The second-order valence-corrected chi connectivity index (χ2v) is 8.99. The van der Waals surface area contributed by atoms with E-state index in [1.807, 2.05) is 11.0 Å². The predicted molar refractivity (Wildman–Crippen MR) is 127 cm³/mol. The zero-order chi connectivity index (χ0) is 23.5. The van der Waals surface area contributed by atoms with Gasteiger partial charge in [0.1, 0.15) is 0 Å². The van der Waals surface area contributed by atoms with Gasteiger partial charge in [0, 0.05) is 38.5 Å². The first kappa shape index (κ1) is 23.2. The highest BCUT2D eigenvalue weighted by Crippen LogP contribution is 2.42. The molecular formula is C26H34N2O5. The van der Waals surface area contributed by atoms with Crippen molar-refractivity contribution >= 4 is 5.91 Å². The molecule has 1 atom stereocenters. The van der Waals surface area contributed by atoms with Crippen molar-refractivity contribution in [1.82, 2.24) is 9.80 Å². The van der Waals surface area contributed by atoms with Crippen molar-refractivity contribution in [3.8, 4) is 23.0 Å². The number of hydrogen-bond acceptors (Lipinski definition) is 6. The smallest absolute Gasteiger partial charge is 0.223 e. The van der Waals surface area contributed by atoms with Crippen LogP contribution in [0.1, 0.15) is 34.6 Å². The maximum Gasteiger partial charge on any atom is 0.223 e. The van der Waals surface area contributed by atoms with Gasteiger partial charge in [0.05, 0.1) is 21.3 Å². The number of hydrogen-bond donors (Lipinski definition) is 1. The Morgan fingerprint density at radius 3 is 2.24 bits per heavy atom. The van der Waals surface area contributed by atoms with Crippen LogP contribution in [0, 0.1) is 0 Å². The molecule has 2 aliphatic rings. The zero-order valence-corrected chi connectivity index (χ0v) is 20.0. The summed E-state index contributed by atoms with van der Waals surface area (Å²) in [5, 5.41) is 10.1. The predicted octanol–water partition coefficient (Wildman–Crippen LogP) is 3.01. The summed E-state index contributed by atoms with van der Waals surface area (Å²) in [5.41, 5.74) is 4.87. The minimum absolute atomic E-state index is 0.159. The molecule has 2 aromatic rings. The maximum atomic E-state index is 12.9. The molecule has 33 heavy (non-hydrogen) atoms. The summed E-state index contributed by atoms with van der Waals surface area (Å²) in [4.78, 5) is 17.1. The second-order valence-electron chi connectivity index (χ2n) is 8.99. The van der Waals surface area contributed by atoms with E-state index in [1.165, 1.54) is 11.1 Å². The van der Waals surface area contributed by atoms with E-state index in [4.69, 9.17) is 14.2 Å². The van der Waals surface area contributed by atoms with Crippen LogP contribution in [-0.2, 0) is 24.1 Å². The summed E-state index contributed by atoms with van der Waals surface area (Å²) in [7, 11) is 6.96. The molecule has 4 rings (SSSR count). The van der Waals surface area contributed by atoms with Gasteiger partial charge in [-0.3, -0.25) is 4.79 Å². The number of benzene rings is 2. The quantitative estimate of drug-likeness (QED) is 0.661. The summed E-state index contributed by atoms with van der Waals surface area (Å²) in [5.74, 6) is 2.84. The molecule has 0 saturated carbocycles. The van der Waals surface area contributed by atoms with Crippen LogP contribution < -0.4 is 14.2 Å². The van der Waals surface area contributed by atoms with Gasteiger partial charge in [-0.15, -0.1) is 0 Å². The van der Waals surface area contributed by atoms with Crippen LogP contribution >= 0.6 is 0 Å². The highest BCUT2D eigenvalue weighted by molar-refractivity contribution is 5.76. The number of amides is 1. The molecule has 0 spiro atoms. The normalized spacial score (nSPS) is 17.0. The first-order valence-electron chi connectivity index (χ1n) is 11.5. The lowest BCUT2D eigenvalue weighted by molar-refractivity contribution is -0.131. The Bertz CT molecular complexity index is 1020. The van der Waals surface area contributed by atoms with Crippen LogP contribution in [0.15, 0.2) is 24.3 Å². The van der Waals surface area contributed by atoms with Crippen molar-refractivity contribution in [3.63, 3.8) is 0 Å². The van der Waals surface area contributed by atoms with E-state index in [0.717, 1.165) is 55.0 Å². The largest absolute Gasteiger partial charge is 0.504 e. The van der Waals surface area contributed by atoms with E-state index in [2.05, 4.69) is 24.1 Å². The topological polar surface area (TPSA) is 71.5 Å². The third kappa shape index (κ3) is 4.88. The minimum atomic E-state index is 0.159. The number of fused-ring (bicyclic) bond motifs is 2. The molecule has 1 heterocycles. The molecule has 1 N–H and O–H groups in total. The fourth-order valence-electron chi connectivity index (χ4n) is 4.97. The summed E-state index contributed by atoms with van der Waals surface area (Å²) in [6.07, 6.45) is 3.05. The fraction of sp³-hybridized carbons (Fsp3) is 0.500. The minimum Gasteiger partial charge on any atom is -0.504 e. The van der Waals surface area contributed by atoms with Gasteiger partial charge in [0.2, 0.25) is 5.91 Å². The molecule has 7 nitrogen and oxygen atoms in total. The van der Waals surface area contributed by atoms with Crippen LogP contribution in [0.2, 0.25) is 0 Å². The van der Waals surface area contributed by atoms with E-state index in [0.29, 0.717) is 31.2 Å². The number of phenols is 1. The molecule has 178 valence electrons. The summed E-state index contributed by atoms with van der Waals surface area (Å²) in [6.45, 7) is 3.02. The SMILES string of the molecule is COc1cc2c(cc1O)CCN(C(=O)CCN(C)C[C@H]1Cc3cc(OC)c(OC)cc31)CC2. The van der Waals surface area contributed by atoms with Crippen molar-refractivity contribution in [2.45, 2.75) is 31.6 Å². The van der Waals surface area contributed by atoms with Crippen LogP contribution in [0.25, 0.3) is 0 Å². The molecule has 0 fully saturated rings. The molecule has 1 amide bonds. The summed E-state index contributed by atoms with van der Waals surface area (Å²) >= 11 is 0. The number of likely N-dealkylation sites (N-methyl/N-ethyl adjacent to an activating group) is 1. The third-order valence-electron chi connectivity index (χ3n) is 6.95. The van der Waals surface area contributed by atoms with Gasteiger partial charge in [0.15, 0.2) is 23.0 Å². The van der Waals surface area contributed by atoms with Crippen molar-refractivity contribution in [2.75, 3.05) is 54.6 Å². The van der Waals surface area contributed by atoms with Gasteiger partial charge in [-0.2, -0.15) is 0 Å². The Hall–Kier alpha value is -2.93. The standard InChI is InChI=1S/C26H34N2O5/c1-27(16-20-11-19-14-24(32-3)25(33-4)15-21(19)20)8-7-26(30)28-9-5-17-12-22(29)23(31-2)13-18(17)6-10-28/h12-15,20,29H,5-11,16H2,1-4H3/t20-/m1/s1. The molecule has 0 unspecified atom stereocenters. The van der Waals surface area contributed by atoms with Crippen molar-refractivity contribution in [2.24, 2.45) is 0 Å². The monoisotopic (exact) mass is 454 g/mol. The highest BCUT2D eigenvalue weighted by Gasteiger charge is 2.29. The van der Waals surface area contributed by atoms with Gasteiger partial charge in [-0.1, -0.05) is 0 Å². The third-order valence-corrected chi connectivity index (χ3v) is 6.95. The van der Waals surface area contributed by atoms with Crippen molar-refractivity contribution in [1.29, 1.82) is 0 Å². The molecule has 0 radical (unpaired) electrons. The number of methoxy groups -OCH3 is 3. The summed E-state index contributed by atoms with van der Waals surface area (Å²) < 4.78 is 16.1. The number of aromatic hydroxyl groups is 1. The van der Waals surface area contributed by atoms with Gasteiger partial charge in [-0.05, 0) is 72.8 Å². The van der Waals surface area contributed by atoms with Crippen LogP contribution in [0.4, 0.5) is 0 Å². The number of rotatable bonds is 8. The summed E-state index contributed by atoms with van der Waals surface area (Å²) in [6, 6.07) is 7.83. The van der Waals surface area contributed by atoms with E-state index < -0.39 is 0 Å². The molecule has 0 bridgehead atoms. The Kier molecular flexibility index (Phi) is 6.98. The lowest BCUT2D eigenvalue weighted by Gasteiger charge is -2.34. The molecule has 0 saturated heterocycles. The van der Waals surface area contributed by atoms with Crippen LogP contribution in [0.3, 0.4) is 0 Å². The molecular weight excluding hydrogens is 420 g/mol. The Labute approximate surface area is 195 Å². The lowest BCUT2D eigenvalue weighted by atomic mass is 9.77. The van der Waals surface area contributed by atoms with E-state index in [-0.39, 0.29) is 11.7 Å². The average Bonchev–Trinajstić information content (AvgIpc) is 3.02. The van der Waals surface area contributed by atoms with Gasteiger partial charge >= 0.3 is 0 Å². The number of ether oxygens (including phenoxy) is 3. The Morgan fingerprint density at radius 1 is 0.970 bits per heavy atom. The van der Waals surface area contributed by atoms with Crippen molar-refractivity contribution in [3.05, 3.63) is 46.5 Å². The number of nitrogens with zero attached hydrogens (tertiary/aromatic N) is 2. The first-order valence-corrected chi connectivity index (χ1v) is 11.5. The van der Waals surface area contributed by atoms with Crippen molar-refractivity contribution < 1.29 is 24.1 Å². The van der Waals surface area contributed by atoms with E-state index >= 15 is 0 Å². The second kappa shape index (κ2) is 9.91. The first-order chi connectivity index (χ1) is 15.9. The molecule has 7 heteroatoms. The highest BCUT2D eigenvalue weighted by atomic mass is 16.5. The van der Waals surface area contributed by atoms with Crippen LogP contribution in [0.5, 0.6) is 23.0 Å². The number of carbonyl (C=O) groups is 1. The molecule has 1 aliphatic heterocycles. The number of phenolic OH excluding ortho intramolecular Hbond substituents is 1. The lowest BCUT2D eigenvalue weighted by Crippen LogP contribution is -2.37. The van der Waals surface area contributed by atoms with E-state index in [1.54, 1.807) is 27.4 Å². The molecule has 0 aromatic heterocycles. The van der Waals surface area contributed by atoms with Crippen LogP contribution in [-0.4, -0.2) is 75.4 Å². The Balaban J connectivity index is 1.28. The van der Waals surface area contributed by atoms with Gasteiger partial charge < -0.3 is 29.1 Å². The van der Waals surface area contributed by atoms with Gasteiger partial charge in [-0.25, -0.2) is 0 Å². The fourth-order valence-corrected chi connectivity index (χ4v) is 4.97. The Morgan fingerprint density at radius 2 is 1.58 bits per heavy atom. The molecule has 2 aromatic carbocycles.